The van der Waals surface area contributed by atoms with E-state index in [1.165, 1.54) is 0 Å². The molecule has 0 N–H and O–H groups in total. The first-order valence-corrected chi connectivity index (χ1v) is 6.01. The maximum atomic E-state index is 10.7. The van der Waals surface area contributed by atoms with Crippen molar-refractivity contribution >= 4 is 21.6 Å². The average Bonchev–Trinajstić information content (AvgIpc) is 1.63. The highest BCUT2D eigenvalue weighted by molar-refractivity contribution is 7.88. The third kappa shape index (κ3) is 4.78. The van der Waals surface area contributed by atoms with Crippen LogP contribution >= 0.6 is 0 Å². The monoisotopic (exact) mass is 168 g/mol. The van der Waals surface area contributed by atoms with Crippen molar-refractivity contribution in [2.75, 3.05) is 18.3 Å². The van der Waals surface area contributed by atoms with E-state index in [-0.39, 0.29) is 5.25 Å². The molecule has 0 fully saturated rings. The molecule has 0 rings (SSSR count). The molecule has 0 aromatic carbocycles. The van der Waals surface area contributed by atoms with Gasteiger partial charge in [0.05, 0.1) is 0 Å². The van der Waals surface area contributed by atoms with E-state index in [2.05, 4.69) is 0 Å². The van der Waals surface area contributed by atoms with E-state index in [1.54, 1.807) is 12.5 Å². The Balaban J connectivity index is 3.63. The van der Waals surface area contributed by atoms with Gasteiger partial charge in [-0.15, -0.1) is 0 Å². The van der Waals surface area contributed by atoms with Gasteiger partial charge in [-0.1, -0.05) is 0 Å². The zero-order valence-electron chi connectivity index (χ0n) is 5.92. The number of hydrogen-bond acceptors (Lipinski definition) is 2. The lowest BCUT2D eigenvalue weighted by molar-refractivity contribution is 0.674. The number of hydrogen-bond donors (Lipinski definition) is 0. The molecule has 9 heavy (non-hydrogen) atoms. The molecule has 0 aliphatic heterocycles. The molecule has 0 aliphatic carbocycles. The van der Waals surface area contributed by atoms with Crippen molar-refractivity contribution in [3.8, 4) is 0 Å². The first-order chi connectivity index (χ1) is 4.04. The van der Waals surface area contributed by atoms with Crippen LogP contribution in [0.25, 0.3) is 0 Å². The standard InChI is InChI=1S/C5H12O2S2/c1-5(9(3)7)4-8(2)6/h5H,4H2,1-3H3. The van der Waals surface area contributed by atoms with Crippen molar-refractivity contribution in [1.82, 2.24) is 0 Å². The zero-order chi connectivity index (χ0) is 7.44. The van der Waals surface area contributed by atoms with E-state index >= 15 is 0 Å². The van der Waals surface area contributed by atoms with Crippen molar-refractivity contribution in [3.05, 3.63) is 0 Å². The minimum absolute atomic E-state index is 0.0656. The van der Waals surface area contributed by atoms with Gasteiger partial charge < -0.3 is 0 Å². The summed E-state index contributed by atoms with van der Waals surface area (Å²) < 4.78 is 21.2. The van der Waals surface area contributed by atoms with Gasteiger partial charge in [-0.05, 0) is 6.92 Å². The van der Waals surface area contributed by atoms with Gasteiger partial charge >= 0.3 is 0 Å². The molecule has 0 aliphatic rings. The largest absolute Gasteiger partial charge is 0.260 e. The minimum Gasteiger partial charge on any atom is -0.260 e. The predicted molar refractivity (Wildman–Crippen MR) is 42.5 cm³/mol. The van der Waals surface area contributed by atoms with Crippen LogP contribution in [-0.4, -0.2) is 31.9 Å². The zero-order valence-corrected chi connectivity index (χ0v) is 7.55. The summed E-state index contributed by atoms with van der Waals surface area (Å²) >= 11 is 0. The lowest BCUT2D eigenvalue weighted by Gasteiger charge is -2.03. The Kier molecular flexibility index (Phi) is 4.31. The summed E-state index contributed by atoms with van der Waals surface area (Å²) in [7, 11) is -1.63. The molecule has 0 saturated heterocycles. The molecule has 0 saturated carbocycles. The summed E-state index contributed by atoms with van der Waals surface area (Å²) in [6, 6.07) is 0. The van der Waals surface area contributed by atoms with Crippen LogP contribution in [0.5, 0.6) is 0 Å². The average molecular weight is 168 g/mol. The van der Waals surface area contributed by atoms with E-state index in [9.17, 15) is 8.42 Å². The van der Waals surface area contributed by atoms with Crippen LogP contribution < -0.4 is 0 Å². The Morgan fingerprint density at radius 3 is 1.89 bits per heavy atom. The van der Waals surface area contributed by atoms with Gasteiger partial charge in [0.15, 0.2) is 0 Å². The van der Waals surface area contributed by atoms with Crippen LogP contribution in [0.4, 0.5) is 0 Å². The first kappa shape index (κ1) is 9.30. The Morgan fingerprint density at radius 1 is 1.33 bits per heavy atom. The van der Waals surface area contributed by atoms with E-state index < -0.39 is 21.6 Å². The quantitative estimate of drug-likeness (QED) is 0.600. The van der Waals surface area contributed by atoms with Crippen molar-refractivity contribution in [2.24, 2.45) is 0 Å². The molecule has 3 atom stereocenters. The SMILES string of the molecule is CC(CS(C)=O)S(C)=O. The van der Waals surface area contributed by atoms with E-state index in [0.717, 1.165) is 0 Å². The topological polar surface area (TPSA) is 34.1 Å². The van der Waals surface area contributed by atoms with Crippen LogP contribution in [0.3, 0.4) is 0 Å². The Bertz CT molecular complexity index is 133. The van der Waals surface area contributed by atoms with Crippen molar-refractivity contribution in [1.29, 1.82) is 0 Å². The van der Waals surface area contributed by atoms with E-state index in [1.807, 2.05) is 6.92 Å². The van der Waals surface area contributed by atoms with Crippen molar-refractivity contribution < 1.29 is 8.42 Å². The first-order valence-electron chi connectivity index (χ1n) is 2.66. The fraction of sp³-hybridized carbons (Fsp3) is 1.00. The summed E-state index contributed by atoms with van der Waals surface area (Å²) in [6.07, 6.45) is 3.26. The molecule has 0 aromatic heterocycles. The molecule has 0 radical (unpaired) electrons. The van der Waals surface area contributed by atoms with E-state index in [4.69, 9.17) is 0 Å². The van der Waals surface area contributed by atoms with Gasteiger partial charge in [0.2, 0.25) is 0 Å². The summed E-state index contributed by atoms with van der Waals surface area (Å²) in [5.74, 6) is 0.545. The third-order valence-electron chi connectivity index (χ3n) is 1.04. The molecule has 2 nitrogen and oxygen atoms in total. The summed E-state index contributed by atoms with van der Waals surface area (Å²) in [5.41, 5.74) is 0. The highest BCUT2D eigenvalue weighted by Crippen LogP contribution is 1.93. The van der Waals surface area contributed by atoms with Crippen molar-refractivity contribution in [2.45, 2.75) is 12.2 Å². The molecular formula is C5H12O2S2. The van der Waals surface area contributed by atoms with Gasteiger partial charge in [0, 0.05) is 45.1 Å². The lowest BCUT2D eigenvalue weighted by Crippen LogP contribution is -2.17. The molecule has 0 amide bonds. The second-order valence-electron chi connectivity index (χ2n) is 2.05. The highest BCUT2D eigenvalue weighted by Gasteiger charge is 2.06. The van der Waals surface area contributed by atoms with Crippen molar-refractivity contribution in [3.63, 3.8) is 0 Å². The number of rotatable bonds is 3. The van der Waals surface area contributed by atoms with Gasteiger partial charge in [-0.25, -0.2) is 0 Å². The van der Waals surface area contributed by atoms with Gasteiger partial charge in [0.25, 0.3) is 0 Å². The van der Waals surface area contributed by atoms with Crippen LogP contribution in [0.1, 0.15) is 6.92 Å². The molecule has 56 valence electrons. The maximum absolute atomic E-state index is 10.7. The Hall–Kier alpha value is 0.300. The van der Waals surface area contributed by atoms with Gasteiger partial charge in [-0.2, -0.15) is 0 Å². The summed E-state index contributed by atoms with van der Waals surface area (Å²) in [4.78, 5) is 0. The molecule has 0 heterocycles. The molecule has 0 bridgehead atoms. The fourth-order valence-electron chi connectivity index (χ4n) is 0.426. The third-order valence-corrected chi connectivity index (χ3v) is 3.52. The molecule has 3 unspecified atom stereocenters. The van der Waals surface area contributed by atoms with Gasteiger partial charge in [-0.3, -0.25) is 8.42 Å². The molecular weight excluding hydrogens is 156 g/mol. The molecule has 0 aromatic rings. The normalized spacial score (nSPS) is 20.8. The van der Waals surface area contributed by atoms with E-state index in [0.29, 0.717) is 5.75 Å². The smallest absolute Gasteiger partial charge is 0.0432 e. The summed E-state index contributed by atoms with van der Waals surface area (Å²) in [5, 5.41) is 0.0656. The second-order valence-corrected chi connectivity index (χ2v) is 5.33. The Morgan fingerprint density at radius 2 is 1.78 bits per heavy atom. The highest BCUT2D eigenvalue weighted by atomic mass is 32.2. The van der Waals surface area contributed by atoms with Crippen LogP contribution in [0.15, 0.2) is 0 Å². The Labute approximate surface area is 60.9 Å². The molecule has 4 heteroatoms. The predicted octanol–water partition coefficient (Wildman–Crippen LogP) is 0.132. The maximum Gasteiger partial charge on any atom is 0.0432 e. The van der Waals surface area contributed by atoms with Crippen LogP contribution in [-0.2, 0) is 21.6 Å². The summed E-state index contributed by atoms with van der Waals surface area (Å²) in [6.45, 7) is 1.84. The van der Waals surface area contributed by atoms with Crippen LogP contribution in [0.2, 0.25) is 0 Å². The second kappa shape index (κ2) is 4.17. The fourth-order valence-corrected chi connectivity index (χ4v) is 2.43. The molecule has 0 spiro atoms. The minimum atomic E-state index is -0.824. The van der Waals surface area contributed by atoms with Crippen LogP contribution in [0, 0.1) is 0 Å². The lowest BCUT2D eigenvalue weighted by atomic mass is 10.6. The van der Waals surface area contributed by atoms with Gasteiger partial charge in [0.1, 0.15) is 0 Å².